The van der Waals surface area contributed by atoms with Crippen molar-refractivity contribution >= 4 is 0 Å². The topological polar surface area (TPSA) is 51.2 Å². The van der Waals surface area contributed by atoms with Gasteiger partial charge in [0.2, 0.25) is 11.7 Å². The second kappa shape index (κ2) is 5.34. The summed E-state index contributed by atoms with van der Waals surface area (Å²) in [6.45, 7) is 3.26. The monoisotopic (exact) mass is 311 g/mol. The van der Waals surface area contributed by atoms with Crippen molar-refractivity contribution in [3.05, 3.63) is 30.2 Å². The van der Waals surface area contributed by atoms with Crippen LogP contribution in [0, 0.1) is 5.92 Å². The Kier molecular flexibility index (Phi) is 3.14. The number of hydrogen-bond acceptors (Lipinski definition) is 5. The lowest BCUT2D eigenvalue weighted by Gasteiger charge is -2.06. The molecular weight excluding hydrogens is 290 g/mol. The molecule has 2 heterocycles. The van der Waals surface area contributed by atoms with E-state index in [0.29, 0.717) is 17.8 Å². The Morgan fingerprint density at radius 1 is 1.13 bits per heavy atom. The summed E-state index contributed by atoms with van der Waals surface area (Å²) in [6, 6.07) is 8.62. The highest BCUT2D eigenvalue weighted by Gasteiger charge is 2.38. The molecule has 2 aromatic rings. The molecule has 0 spiro atoms. The maximum Gasteiger partial charge on any atom is 0.230 e. The number of aromatic nitrogens is 2. The Morgan fingerprint density at radius 2 is 1.96 bits per heavy atom. The molecule has 3 aliphatic rings. The molecule has 1 aliphatic heterocycles. The maximum absolute atomic E-state index is 5.90. The molecule has 0 amide bonds. The number of ether oxygens (including phenoxy) is 1. The van der Waals surface area contributed by atoms with Crippen molar-refractivity contribution in [3.8, 4) is 17.1 Å². The van der Waals surface area contributed by atoms with Crippen molar-refractivity contribution in [3.63, 3.8) is 0 Å². The fourth-order valence-corrected chi connectivity index (χ4v) is 2.98. The fraction of sp³-hybridized carbons (Fsp3) is 0.556. The van der Waals surface area contributed by atoms with Gasteiger partial charge in [0.15, 0.2) is 0 Å². The van der Waals surface area contributed by atoms with E-state index in [1.165, 1.54) is 38.8 Å². The number of nitrogens with zero attached hydrogens (tertiary/aromatic N) is 3. The quantitative estimate of drug-likeness (QED) is 0.736. The predicted octanol–water partition coefficient (Wildman–Crippen LogP) is 3.09. The summed E-state index contributed by atoms with van der Waals surface area (Å²) in [5, 5.41) is 4.07. The predicted molar refractivity (Wildman–Crippen MR) is 85.3 cm³/mol. The third-order valence-corrected chi connectivity index (χ3v) is 4.94. The van der Waals surface area contributed by atoms with Crippen LogP contribution in [0.2, 0.25) is 0 Å². The van der Waals surface area contributed by atoms with Gasteiger partial charge < -0.3 is 9.26 Å². The van der Waals surface area contributed by atoms with Gasteiger partial charge in [-0.3, -0.25) is 4.90 Å². The highest BCUT2D eigenvalue weighted by molar-refractivity contribution is 5.55. The minimum atomic E-state index is 0.496. The molecule has 2 aliphatic carbocycles. The van der Waals surface area contributed by atoms with Crippen LogP contribution in [-0.4, -0.2) is 40.8 Å². The second-order valence-electron chi connectivity index (χ2n) is 7.12. The Bertz CT molecular complexity index is 689. The van der Waals surface area contributed by atoms with Gasteiger partial charge in [0.1, 0.15) is 12.4 Å². The Labute approximate surface area is 135 Å². The van der Waals surface area contributed by atoms with Crippen LogP contribution >= 0.6 is 0 Å². The Morgan fingerprint density at radius 3 is 2.70 bits per heavy atom. The molecule has 2 atom stereocenters. The first-order chi connectivity index (χ1) is 11.3. The number of benzene rings is 1. The molecule has 2 unspecified atom stereocenters. The van der Waals surface area contributed by atoms with E-state index in [-0.39, 0.29) is 0 Å². The van der Waals surface area contributed by atoms with Crippen molar-refractivity contribution in [1.82, 2.24) is 15.0 Å². The Hall–Kier alpha value is -1.88. The van der Waals surface area contributed by atoms with Crippen LogP contribution in [0.3, 0.4) is 0 Å². The van der Waals surface area contributed by atoms with Crippen molar-refractivity contribution in [2.75, 3.05) is 19.7 Å². The molecule has 1 aromatic heterocycles. The molecule has 3 fully saturated rings. The number of rotatable bonds is 7. The third-order valence-electron chi connectivity index (χ3n) is 4.94. The standard InChI is InChI=1S/C18H21N3O2/c1-2-12(1)9-21-10-15(21)11-22-16-7-5-13(6-8-16)17-19-18(23-20-17)14-3-4-14/h5-8,12,14-15H,1-4,9-11H2. The van der Waals surface area contributed by atoms with E-state index in [9.17, 15) is 0 Å². The molecule has 5 nitrogen and oxygen atoms in total. The minimum absolute atomic E-state index is 0.496. The Balaban J connectivity index is 1.16. The zero-order chi connectivity index (χ0) is 15.2. The highest BCUT2D eigenvalue weighted by atomic mass is 16.5. The second-order valence-corrected chi connectivity index (χ2v) is 7.12. The summed E-state index contributed by atoms with van der Waals surface area (Å²) < 4.78 is 11.2. The zero-order valence-electron chi connectivity index (χ0n) is 13.1. The van der Waals surface area contributed by atoms with E-state index < -0.39 is 0 Å². The molecular formula is C18H21N3O2. The normalized spacial score (nSPS) is 26.3. The van der Waals surface area contributed by atoms with Gasteiger partial charge in [0.25, 0.3) is 0 Å². The first-order valence-electron chi connectivity index (χ1n) is 8.66. The van der Waals surface area contributed by atoms with E-state index in [0.717, 1.165) is 29.7 Å². The van der Waals surface area contributed by atoms with E-state index in [2.05, 4.69) is 15.0 Å². The molecule has 1 saturated heterocycles. The first kappa shape index (κ1) is 13.5. The van der Waals surface area contributed by atoms with E-state index in [1.54, 1.807) is 0 Å². The van der Waals surface area contributed by atoms with Gasteiger partial charge >= 0.3 is 0 Å². The summed E-state index contributed by atoms with van der Waals surface area (Å²) in [5.41, 5.74) is 0.981. The van der Waals surface area contributed by atoms with Gasteiger partial charge in [-0.25, -0.2) is 0 Å². The van der Waals surface area contributed by atoms with Crippen LogP contribution < -0.4 is 4.74 Å². The van der Waals surface area contributed by atoms with Crippen molar-refractivity contribution < 1.29 is 9.26 Å². The largest absolute Gasteiger partial charge is 0.492 e. The van der Waals surface area contributed by atoms with Crippen molar-refractivity contribution in [2.24, 2.45) is 5.92 Å². The average molecular weight is 311 g/mol. The molecule has 23 heavy (non-hydrogen) atoms. The summed E-state index contributed by atoms with van der Waals surface area (Å²) in [7, 11) is 0. The molecule has 1 aromatic carbocycles. The number of hydrogen-bond donors (Lipinski definition) is 0. The summed E-state index contributed by atoms with van der Waals surface area (Å²) in [5.74, 6) is 3.84. The maximum atomic E-state index is 5.90. The molecule has 5 heteroatoms. The summed E-state index contributed by atoms with van der Waals surface area (Å²) in [6.07, 6.45) is 5.19. The van der Waals surface area contributed by atoms with Gasteiger partial charge in [-0.1, -0.05) is 5.16 Å². The van der Waals surface area contributed by atoms with Gasteiger partial charge in [-0.15, -0.1) is 0 Å². The van der Waals surface area contributed by atoms with Gasteiger partial charge in [-0.2, -0.15) is 4.98 Å². The van der Waals surface area contributed by atoms with E-state index in [1.807, 2.05) is 24.3 Å². The minimum Gasteiger partial charge on any atom is -0.492 e. The van der Waals surface area contributed by atoms with Crippen LogP contribution in [0.5, 0.6) is 5.75 Å². The zero-order valence-corrected chi connectivity index (χ0v) is 13.1. The fourth-order valence-electron chi connectivity index (χ4n) is 2.98. The smallest absolute Gasteiger partial charge is 0.230 e. The average Bonchev–Trinajstić information content (AvgIpc) is 3.46. The SMILES string of the molecule is c1cc(-c2noc(C3CC3)n2)ccc1OCC1CN1CC1CC1. The molecule has 120 valence electrons. The molecule has 5 rings (SSSR count). The lowest BCUT2D eigenvalue weighted by molar-refractivity contribution is 0.292. The lowest BCUT2D eigenvalue weighted by atomic mass is 10.2. The van der Waals surface area contributed by atoms with Crippen LogP contribution in [-0.2, 0) is 0 Å². The van der Waals surface area contributed by atoms with Crippen LogP contribution in [0.4, 0.5) is 0 Å². The van der Waals surface area contributed by atoms with Crippen LogP contribution in [0.1, 0.15) is 37.5 Å². The highest BCUT2D eigenvalue weighted by Crippen LogP contribution is 2.39. The first-order valence-corrected chi connectivity index (χ1v) is 8.66. The summed E-state index contributed by atoms with van der Waals surface area (Å²) >= 11 is 0. The molecule has 0 radical (unpaired) electrons. The molecule has 0 N–H and O–H groups in total. The van der Waals surface area contributed by atoms with Gasteiger partial charge in [-0.05, 0) is 55.9 Å². The molecule has 2 saturated carbocycles. The van der Waals surface area contributed by atoms with Gasteiger partial charge in [0.05, 0.1) is 6.04 Å². The van der Waals surface area contributed by atoms with Crippen LogP contribution in [0.15, 0.2) is 28.8 Å². The third kappa shape index (κ3) is 3.11. The summed E-state index contributed by atoms with van der Waals surface area (Å²) in [4.78, 5) is 6.99. The lowest BCUT2D eigenvalue weighted by Crippen LogP contribution is -2.12. The van der Waals surface area contributed by atoms with Crippen molar-refractivity contribution in [1.29, 1.82) is 0 Å². The van der Waals surface area contributed by atoms with E-state index >= 15 is 0 Å². The van der Waals surface area contributed by atoms with E-state index in [4.69, 9.17) is 9.26 Å². The molecule has 0 bridgehead atoms. The van der Waals surface area contributed by atoms with Crippen molar-refractivity contribution in [2.45, 2.75) is 37.6 Å². The van der Waals surface area contributed by atoms with Crippen LogP contribution in [0.25, 0.3) is 11.4 Å². The van der Waals surface area contributed by atoms with Gasteiger partial charge in [0, 0.05) is 24.6 Å².